The maximum Gasteiger partial charge on any atom is 0.416 e. The Balaban J connectivity index is 1.61. The molecule has 1 fully saturated rings. The van der Waals surface area contributed by atoms with E-state index < -0.39 is 27.7 Å². The number of halogens is 3. The molecule has 29 heavy (non-hydrogen) atoms. The van der Waals surface area contributed by atoms with E-state index in [1.54, 1.807) is 14.0 Å². The van der Waals surface area contributed by atoms with E-state index in [1.807, 2.05) is 0 Å². The second-order valence-corrected chi connectivity index (χ2v) is 9.04. The van der Waals surface area contributed by atoms with Crippen LogP contribution in [0.4, 0.5) is 13.2 Å². The first kappa shape index (κ1) is 19.8. The zero-order valence-electron chi connectivity index (χ0n) is 15.8. The van der Waals surface area contributed by atoms with Gasteiger partial charge in [0, 0.05) is 32.5 Å². The smallest absolute Gasteiger partial charge is 0.274 e. The first-order chi connectivity index (χ1) is 13.6. The van der Waals surface area contributed by atoms with Gasteiger partial charge < -0.3 is 0 Å². The van der Waals surface area contributed by atoms with Gasteiger partial charge in [-0.3, -0.25) is 4.68 Å². The lowest BCUT2D eigenvalue weighted by Gasteiger charge is -2.32. The van der Waals surface area contributed by atoms with E-state index in [0.29, 0.717) is 5.69 Å². The highest BCUT2D eigenvalue weighted by molar-refractivity contribution is 7.89. The molecule has 0 saturated carbocycles. The van der Waals surface area contributed by atoms with Crippen molar-refractivity contribution < 1.29 is 21.6 Å². The summed E-state index contributed by atoms with van der Waals surface area (Å²) in [6.07, 6.45) is 0.0236. The van der Waals surface area contributed by atoms with Crippen LogP contribution >= 0.6 is 0 Å². The van der Waals surface area contributed by atoms with E-state index >= 15 is 0 Å². The van der Waals surface area contributed by atoms with Crippen molar-refractivity contribution >= 4 is 15.7 Å². The molecule has 1 aliphatic heterocycles. The number of pyridine rings is 1. The van der Waals surface area contributed by atoms with Gasteiger partial charge in [0.05, 0.1) is 11.3 Å². The van der Waals surface area contributed by atoms with Crippen molar-refractivity contribution in [1.29, 1.82) is 0 Å². The van der Waals surface area contributed by atoms with Crippen LogP contribution in [0.1, 0.15) is 35.6 Å². The molecule has 3 aromatic rings. The molecule has 4 heterocycles. The van der Waals surface area contributed by atoms with Crippen molar-refractivity contribution in [1.82, 2.24) is 28.7 Å². The van der Waals surface area contributed by atoms with E-state index in [0.717, 1.165) is 6.07 Å². The van der Waals surface area contributed by atoms with Crippen LogP contribution in [0.3, 0.4) is 0 Å². The summed E-state index contributed by atoms with van der Waals surface area (Å²) < 4.78 is 70.7. The van der Waals surface area contributed by atoms with Crippen LogP contribution in [0.2, 0.25) is 0 Å². The van der Waals surface area contributed by atoms with Crippen LogP contribution in [0.5, 0.6) is 0 Å². The molecule has 4 rings (SSSR count). The van der Waals surface area contributed by atoms with Crippen molar-refractivity contribution in [2.24, 2.45) is 7.05 Å². The van der Waals surface area contributed by atoms with Crippen LogP contribution in [-0.2, 0) is 23.2 Å². The SMILES string of the molecule is Cc1nn(C)cc1S(=O)(=O)N1CCC(c2cn3ncnc3cc2C(F)(F)F)CC1. The maximum absolute atomic E-state index is 13.6. The van der Waals surface area contributed by atoms with Crippen molar-refractivity contribution in [2.75, 3.05) is 13.1 Å². The molecule has 0 aliphatic carbocycles. The second-order valence-electron chi connectivity index (χ2n) is 7.13. The Kier molecular flexibility index (Phi) is 4.65. The second kappa shape index (κ2) is 6.80. The molecule has 3 aromatic heterocycles. The molecule has 0 atom stereocenters. The largest absolute Gasteiger partial charge is 0.416 e. The predicted molar refractivity (Wildman–Crippen MR) is 96.7 cm³/mol. The lowest BCUT2D eigenvalue weighted by Crippen LogP contribution is -2.38. The minimum absolute atomic E-state index is 0.116. The van der Waals surface area contributed by atoms with Gasteiger partial charge in [-0.15, -0.1) is 0 Å². The number of piperidine rings is 1. The summed E-state index contributed by atoms with van der Waals surface area (Å²) in [6, 6.07) is 0.991. The number of alkyl halides is 3. The molecular formula is C17H19F3N6O2S. The lowest BCUT2D eigenvalue weighted by atomic mass is 9.88. The number of nitrogens with zero attached hydrogens (tertiary/aromatic N) is 6. The van der Waals surface area contributed by atoms with Gasteiger partial charge in [-0.1, -0.05) is 0 Å². The normalized spacial score (nSPS) is 17.3. The number of fused-ring (bicyclic) bond motifs is 1. The molecule has 0 spiro atoms. The van der Waals surface area contributed by atoms with Gasteiger partial charge in [-0.25, -0.2) is 17.9 Å². The Labute approximate surface area is 165 Å². The highest BCUT2D eigenvalue weighted by atomic mass is 32.2. The third-order valence-electron chi connectivity index (χ3n) is 5.23. The van der Waals surface area contributed by atoms with Crippen molar-refractivity contribution in [2.45, 2.75) is 36.8 Å². The number of aromatic nitrogens is 5. The van der Waals surface area contributed by atoms with Gasteiger partial charge in [0.2, 0.25) is 10.0 Å². The molecule has 0 bridgehead atoms. The van der Waals surface area contributed by atoms with Gasteiger partial charge in [0.25, 0.3) is 0 Å². The fourth-order valence-corrected chi connectivity index (χ4v) is 5.49. The molecule has 1 aliphatic rings. The molecule has 0 amide bonds. The molecule has 0 unspecified atom stereocenters. The Bertz CT molecular complexity index is 1160. The third-order valence-corrected chi connectivity index (χ3v) is 7.23. The van der Waals surface area contributed by atoms with Gasteiger partial charge in [-0.2, -0.15) is 27.7 Å². The van der Waals surface area contributed by atoms with Gasteiger partial charge in [0.1, 0.15) is 11.2 Å². The fourth-order valence-electron chi connectivity index (χ4n) is 3.82. The average Bonchev–Trinajstić information content (AvgIpc) is 3.25. The summed E-state index contributed by atoms with van der Waals surface area (Å²) >= 11 is 0. The van der Waals surface area contributed by atoms with E-state index in [4.69, 9.17) is 0 Å². The predicted octanol–water partition coefficient (Wildman–Crippen LogP) is 2.36. The van der Waals surface area contributed by atoms with Crippen molar-refractivity contribution in [3.05, 3.63) is 41.6 Å². The van der Waals surface area contributed by atoms with Crippen LogP contribution < -0.4 is 0 Å². The van der Waals surface area contributed by atoms with E-state index in [2.05, 4.69) is 15.2 Å². The zero-order chi connectivity index (χ0) is 21.0. The quantitative estimate of drug-likeness (QED) is 0.639. The molecule has 12 heteroatoms. The number of rotatable bonds is 3. The van der Waals surface area contributed by atoms with Gasteiger partial charge in [-0.05, 0) is 37.3 Å². The molecule has 0 aromatic carbocycles. The monoisotopic (exact) mass is 428 g/mol. The summed E-state index contributed by atoms with van der Waals surface area (Å²) in [5.74, 6) is -0.429. The van der Waals surface area contributed by atoms with E-state index in [1.165, 1.54) is 32.2 Å². The topological polar surface area (TPSA) is 85.4 Å². The number of hydrogen-bond donors (Lipinski definition) is 0. The highest BCUT2D eigenvalue weighted by Crippen LogP contribution is 2.39. The Morgan fingerprint density at radius 2 is 1.86 bits per heavy atom. The first-order valence-corrected chi connectivity index (χ1v) is 10.4. The highest BCUT2D eigenvalue weighted by Gasteiger charge is 2.38. The molecule has 0 N–H and O–H groups in total. The number of aryl methyl sites for hydroxylation is 2. The molecule has 156 valence electrons. The average molecular weight is 428 g/mol. The van der Waals surface area contributed by atoms with Crippen LogP contribution in [-0.4, -0.2) is 50.2 Å². The Hall–Kier alpha value is -2.47. The third kappa shape index (κ3) is 3.50. The lowest BCUT2D eigenvalue weighted by molar-refractivity contribution is -0.138. The van der Waals surface area contributed by atoms with E-state index in [9.17, 15) is 21.6 Å². The summed E-state index contributed by atoms with van der Waals surface area (Å²) in [6.45, 7) is 1.88. The van der Waals surface area contributed by atoms with E-state index in [-0.39, 0.29) is 42.0 Å². The Morgan fingerprint density at radius 1 is 1.17 bits per heavy atom. The van der Waals surface area contributed by atoms with Crippen LogP contribution in [0.25, 0.3) is 5.65 Å². The van der Waals surface area contributed by atoms with Gasteiger partial charge >= 0.3 is 6.18 Å². The summed E-state index contributed by atoms with van der Waals surface area (Å²) in [5.41, 5.74) is -0.119. The molecule has 0 radical (unpaired) electrons. The standard InChI is InChI=1S/C17H19F3N6O2S/c1-11-15(9-24(2)23-11)29(27,28)25-5-3-12(4-6-25)13-8-26-16(21-10-22-26)7-14(13)17(18,19)20/h7-10,12H,3-6H2,1-2H3. The number of sulfonamides is 1. The maximum atomic E-state index is 13.6. The van der Waals surface area contributed by atoms with Crippen molar-refractivity contribution in [3.63, 3.8) is 0 Å². The summed E-state index contributed by atoms with van der Waals surface area (Å²) in [5, 5.41) is 7.99. The molecule has 8 nitrogen and oxygen atoms in total. The molecular weight excluding hydrogens is 409 g/mol. The number of hydrogen-bond acceptors (Lipinski definition) is 5. The summed E-state index contributed by atoms with van der Waals surface area (Å²) in [7, 11) is -2.11. The van der Waals surface area contributed by atoms with Crippen LogP contribution in [0, 0.1) is 6.92 Å². The molecule has 1 saturated heterocycles. The fraction of sp³-hybridized carbons (Fsp3) is 0.471. The minimum atomic E-state index is -4.53. The van der Waals surface area contributed by atoms with Gasteiger partial charge in [0.15, 0.2) is 5.65 Å². The van der Waals surface area contributed by atoms with Crippen LogP contribution in [0.15, 0.2) is 29.7 Å². The Morgan fingerprint density at radius 3 is 2.45 bits per heavy atom. The first-order valence-electron chi connectivity index (χ1n) is 8.98. The van der Waals surface area contributed by atoms with Crippen molar-refractivity contribution in [3.8, 4) is 0 Å². The zero-order valence-corrected chi connectivity index (χ0v) is 16.6. The summed E-state index contributed by atoms with van der Waals surface area (Å²) in [4.78, 5) is 3.95. The minimum Gasteiger partial charge on any atom is -0.274 e.